The Bertz CT molecular complexity index is 119. The number of hydrogen-bond donors (Lipinski definition) is 4. The van der Waals surface area contributed by atoms with Crippen molar-refractivity contribution in [1.82, 2.24) is 10.6 Å². The van der Waals surface area contributed by atoms with Crippen LogP contribution in [-0.2, 0) is 0 Å². The van der Waals surface area contributed by atoms with E-state index in [0.29, 0.717) is 0 Å². The molecule has 0 saturated carbocycles. The monoisotopic (exact) mass is 188 g/mol. The molecule has 0 aliphatic carbocycles. The predicted molar refractivity (Wildman–Crippen MR) is 47.5 cm³/mol. The molecule has 0 radical (unpaired) electrons. The van der Waals surface area contributed by atoms with E-state index in [-0.39, 0.29) is 29.6 Å². The van der Waals surface area contributed by atoms with Gasteiger partial charge in [-0.05, 0) is 26.4 Å². The van der Waals surface area contributed by atoms with E-state index >= 15 is 0 Å². The van der Waals surface area contributed by atoms with Crippen molar-refractivity contribution in [3.05, 3.63) is 0 Å². The maximum atomic E-state index is 8.93. The molecule has 1 rings (SSSR count). The molecule has 0 aromatic carbocycles. The standard InChI is InChI=1S/C5H13N2O2P.Na.H/c1-5(10(8)9)6-3-2-4-7-5;;/h6-9H,2-4H2,1H3;;. The molecule has 62 valence electrons. The fraction of sp³-hybridized carbons (Fsp3) is 1.00. The van der Waals surface area contributed by atoms with Gasteiger partial charge >= 0.3 is 29.6 Å². The van der Waals surface area contributed by atoms with Gasteiger partial charge in [0.2, 0.25) is 8.38 Å². The Morgan fingerprint density at radius 3 is 2.00 bits per heavy atom. The van der Waals surface area contributed by atoms with Gasteiger partial charge in [-0.3, -0.25) is 10.6 Å². The fourth-order valence-corrected chi connectivity index (χ4v) is 1.46. The first-order chi connectivity index (χ1) is 4.65. The fourth-order valence-electron chi connectivity index (χ4n) is 0.956. The van der Waals surface area contributed by atoms with Gasteiger partial charge < -0.3 is 9.79 Å². The van der Waals surface area contributed by atoms with Crippen LogP contribution in [0.5, 0.6) is 0 Å². The summed E-state index contributed by atoms with van der Waals surface area (Å²) in [6.07, 6.45) is 1.04. The van der Waals surface area contributed by atoms with E-state index in [9.17, 15) is 0 Å². The molecule has 0 bridgehead atoms. The summed E-state index contributed by atoms with van der Waals surface area (Å²) in [5.74, 6) is 0. The van der Waals surface area contributed by atoms with Gasteiger partial charge in [-0.25, -0.2) is 0 Å². The van der Waals surface area contributed by atoms with Crippen molar-refractivity contribution < 1.29 is 9.79 Å². The Kier molecular flexibility index (Phi) is 5.69. The minimum absolute atomic E-state index is 0. The molecule has 1 fully saturated rings. The van der Waals surface area contributed by atoms with Crippen LogP contribution in [0.1, 0.15) is 13.3 Å². The van der Waals surface area contributed by atoms with Crippen LogP contribution in [-0.4, -0.2) is 57.8 Å². The molecule has 0 amide bonds. The third-order valence-electron chi connectivity index (χ3n) is 1.69. The summed E-state index contributed by atoms with van der Waals surface area (Å²) in [6, 6.07) is 0. The molecule has 4 nitrogen and oxygen atoms in total. The molecule has 0 aromatic heterocycles. The van der Waals surface area contributed by atoms with Crippen LogP contribution >= 0.6 is 8.38 Å². The van der Waals surface area contributed by atoms with Gasteiger partial charge in [-0.15, -0.1) is 0 Å². The maximum absolute atomic E-state index is 8.93. The molecule has 1 aliphatic rings. The summed E-state index contributed by atoms with van der Waals surface area (Å²) in [7, 11) is -1.92. The molecule has 0 spiro atoms. The number of hydrogen-bond acceptors (Lipinski definition) is 4. The van der Waals surface area contributed by atoms with Gasteiger partial charge in [-0.2, -0.15) is 0 Å². The minimum atomic E-state index is -1.92. The van der Waals surface area contributed by atoms with E-state index in [2.05, 4.69) is 10.6 Å². The van der Waals surface area contributed by atoms with Crippen LogP contribution < -0.4 is 10.6 Å². The van der Waals surface area contributed by atoms with Crippen LogP contribution in [0.4, 0.5) is 0 Å². The van der Waals surface area contributed by atoms with E-state index in [1.54, 1.807) is 6.92 Å². The molecular formula is C5H14N2NaO2P. The van der Waals surface area contributed by atoms with Crippen LogP contribution in [0.3, 0.4) is 0 Å². The summed E-state index contributed by atoms with van der Waals surface area (Å²) in [4.78, 5) is 17.9. The Balaban J connectivity index is 0.000001000. The Hall–Kier alpha value is 1.27. The quantitative estimate of drug-likeness (QED) is 0.311. The summed E-state index contributed by atoms with van der Waals surface area (Å²) in [5, 5.41) is 5.38. The van der Waals surface area contributed by atoms with Crippen molar-refractivity contribution in [3.63, 3.8) is 0 Å². The topological polar surface area (TPSA) is 64.5 Å². The van der Waals surface area contributed by atoms with Gasteiger partial charge in [0, 0.05) is 0 Å². The normalized spacial score (nSPS) is 22.9. The molecule has 1 aliphatic heterocycles. The van der Waals surface area contributed by atoms with Crippen LogP contribution in [0.15, 0.2) is 0 Å². The molecule has 0 aromatic rings. The van der Waals surface area contributed by atoms with Gasteiger partial charge in [0.05, 0.1) is 0 Å². The summed E-state index contributed by atoms with van der Waals surface area (Å²) in [5.41, 5.74) is 0. The van der Waals surface area contributed by atoms with Crippen LogP contribution in [0.25, 0.3) is 0 Å². The van der Waals surface area contributed by atoms with E-state index in [0.717, 1.165) is 19.5 Å². The van der Waals surface area contributed by atoms with Crippen molar-refractivity contribution >= 4 is 37.9 Å². The summed E-state index contributed by atoms with van der Waals surface area (Å²) >= 11 is 0. The molecule has 4 N–H and O–H groups in total. The first-order valence-electron chi connectivity index (χ1n) is 3.33. The van der Waals surface area contributed by atoms with E-state index in [1.807, 2.05) is 0 Å². The predicted octanol–water partition coefficient (Wildman–Crippen LogP) is -1.11. The SMILES string of the molecule is CC1(P(O)O)NCCCN1.[NaH]. The van der Waals surface area contributed by atoms with Crippen LogP contribution in [0, 0.1) is 0 Å². The molecule has 0 atom stereocenters. The number of rotatable bonds is 1. The van der Waals surface area contributed by atoms with Crippen molar-refractivity contribution in [3.8, 4) is 0 Å². The van der Waals surface area contributed by atoms with Crippen molar-refractivity contribution in [2.75, 3.05) is 13.1 Å². The second-order valence-electron chi connectivity index (χ2n) is 2.57. The van der Waals surface area contributed by atoms with E-state index in [1.165, 1.54) is 0 Å². The Morgan fingerprint density at radius 1 is 1.27 bits per heavy atom. The second-order valence-corrected chi connectivity index (χ2v) is 4.04. The zero-order chi connectivity index (χ0) is 7.61. The molecule has 11 heavy (non-hydrogen) atoms. The molecule has 1 saturated heterocycles. The average Bonchev–Trinajstić information content (AvgIpc) is 1.89. The molecule has 6 heteroatoms. The van der Waals surface area contributed by atoms with Crippen molar-refractivity contribution in [2.45, 2.75) is 18.7 Å². The average molecular weight is 188 g/mol. The second kappa shape index (κ2) is 5.10. The first kappa shape index (κ1) is 12.3. The van der Waals surface area contributed by atoms with Gasteiger partial charge in [0.1, 0.15) is 5.40 Å². The van der Waals surface area contributed by atoms with Gasteiger partial charge in [0.25, 0.3) is 0 Å². The zero-order valence-electron chi connectivity index (χ0n) is 5.96. The molecule has 0 unspecified atom stereocenters. The Morgan fingerprint density at radius 2 is 1.73 bits per heavy atom. The van der Waals surface area contributed by atoms with Gasteiger partial charge in [0.15, 0.2) is 0 Å². The van der Waals surface area contributed by atoms with Crippen molar-refractivity contribution in [1.29, 1.82) is 0 Å². The van der Waals surface area contributed by atoms with Crippen molar-refractivity contribution in [2.24, 2.45) is 0 Å². The van der Waals surface area contributed by atoms with E-state index in [4.69, 9.17) is 9.79 Å². The summed E-state index contributed by atoms with van der Waals surface area (Å²) in [6.45, 7) is 3.46. The van der Waals surface area contributed by atoms with Crippen LogP contribution in [0.2, 0.25) is 0 Å². The zero-order valence-corrected chi connectivity index (χ0v) is 6.86. The Labute approximate surface area is 90.0 Å². The van der Waals surface area contributed by atoms with Gasteiger partial charge in [-0.1, -0.05) is 0 Å². The molecule has 1 heterocycles. The third-order valence-corrected chi connectivity index (χ3v) is 2.81. The molecular weight excluding hydrogens is 174 g/mol. The first-order valence-corrected chi connectivity index (χ1v) is 4.58. The third kappa shape index (κ3) is 3.25. The van der Waals surface area contributed by atoms with E-state index < -0.39 is 13.8 Å². The number of nitrogens with one attached hydrogen (secondary N) is 2. The summed E-state index contributed by atoms with van der Waals surface area (Å²) < 4.78 is 0.